The molecule has 0 N–H and O–H groups in total. The van der Waals surface area contributed by atoms with Crippen molar-refractivity contribution in [2.45, 2.75) is 31.3 Å². The molecule has 1 aliphatic carbocycles. The minimum atomic E-state index is -1.53. The number of hydrogen-bond acceptors (Lipinski definition) is 3. The van der Waals surface area contributed by atoms with E-state index in [0.29, 0.717) is 12.0 Å². The molecule has 1 rings (SSSR count). The molecule has 0 aliphatic heterocycles. The fraction of sp³-hybridized carbons (Fsp3) is 0.556. The van der Waals surface area contributed by atoms with Crippen LogP contribution >= 0.6 is 7.17 Å². The molecule has 0 aromatic carbocycles. The van der Waals surface area contributed by atoms with Gasteiger partial charge in [0.15, 0.2) is 11.3 Å². The van der Waals surface area contributed by atoms with Crippen molar-refractivity contribution in [3.8, 4) is 0 Å². The molecule has 3 nitrogen and oxygen atoms in total. The van der Waals surface area contributed by atoms with E-state index in [9.17, 15) is 14.4 Å². The minimum absolute atomic E-state index is 0. The van der Waals surface area contributed by atoms with E-state index in [1.165, 1.54) is 0 Å². The first-order chi connectivity index (χ1) is 6.33. The number of rotatable bonds is 1. The van der Waals surface area contributed by atoms with E-state index in [-0.39, 0.29) is 22.4 Å². The van der Waals surface area contributed by atoms with Gasteiger partial charge in [0.25, 0.3) is 0 Å². The molecular weight excluding hydrogens is 246 g/mol. The van der Waals surface area contributed by atoms with Gasteiger partial charge in [0, 0.05) is 28.0 Å². The summed E-state index contributed by atoms with van der Waals surface area (Å²) in [5.74, 6) is 1.83. The van der Waals surface area contributed by atoms with Gasteiger partial charge in [-0.15, -0.1) is 0 Å². The molecule has 0 aromatic rings. The van der Waals surface area contributed by atoms with Crippen molar-refractivity contribution in [2.75, 3.05) is 0 Å². The molecule has 0 amide bonds. The summed E-state index contributed by atoms with van der Waals surface area (Å²) in [5, 5.41) is 0. The molecule has 0 heterocycles. The van der Waals surface area contributed by atoms with Gasteiger partial charge in [-0.1, -0.05) is 6.42 Å². The Morgan fingerprint density at radius 1 is 1.14 bits per heavy atom. The van der Waals surface area contributed by atoms with Crippen LogP contribution in [0.25, 0.3) is 0 Å². The smallest absolute Gasteiger partial charge is 0.157 e. The Balaban J connectivity index is 0.00000169. The van der Waals surface area contributed by atoms with Crippen LogP contribution in [0.1, 0.15) is 25.7 Å². The predicted octanol–water partition coefficient (Wildman–Crippen LogP) is 1.30. The molecule has 77 valence electrons. The van der Waals surface area contributed by atoms with Gasteiger partial charge in [-0.25, -0.2) is 14.4 Å². The van der Waals surface area contributed by atoms with E-state index < -0.39 is 7.17 Å². The van der Waals surface area contributed by atoms with Crippen molar-refractivity contribution in [1.82, 2.24) is 0 Å². The first-order valence-corrected chi connectivity index (χ1v) is 5.53. The quantitative estimate of drug-likeness (QED) is 0.524. The summed E-state index contributed by atoms with van der Waals surface area (Å²) in [4.78, 5) is 31.3. The van der Waals surface area contributed by atoms with Crippen LogP contribution in [-0.4, -0.2) is 22.9 Å². The third kappa shape index (κ3) is 2.97. The number of carbonyl (C=O) groups excluding carboxylic acids is 3. The van der Waals surface area contributed by atoms with Crippen LogP contribution < -0.4 is 0 Å². The first kappa shape index (κ1) is 13.4. The molecule has 1 fully saturated rings. The van der Waals surface area contributed by atoms with Crippen molar-refractivity contribution in [1.29, 1.82) is 0 Å². The largest absolute Gasteiger partial charge is 0.234 e. The van der Waals surface area contributed by atoms with Gasteiger partial charge in [-0.2, -0.15) is 0 Å². The Morgan fingerprint density at radius 3 is 2.29 bits per heavy atom. The third-order valence-electron chi connectivity index (χ3n) is 2.22. The van der Waals surface area contributed by atoms with E-state index in [0.717, 1.165) is 19.3 Å². The van der Waals surface area contributed by atoms with Crippen LogP contribution in [0, 0.1) is 0 Å². The second-order valence-corrected chi connectivity index (χ2v) is 4.67. The monoisotopic (exact) mass is 255 g/mol. The average Bonchev–Trinajstić information content (AvgIpc) is 2.20. The van der Waals surface area contributed by atoms with Crippen LogP contribution in [0.5, 0.6) is 0 Å². The summed E-state index contributed by atoms with van der Waals surface area (Å²) in [7, 11) is -1.53. The van der Waals surface area contributed by atoms with E-state index in [2.05, 4.69) is 0 Å². The molecule has 1 saturated carbocycles. The van der Waals surface area contributed by atoms with Crippen LogP contribution in [0.2, 0.25) is 0 Å². The Morgan fingerprint density at radius 2 is 1.79 bits per heavy atom. The molecule has 0 aromatic heterocycles. The summed E-state index contributed by atoms with van der Waals surface area (Å²) < 4.78 is 0. The Kier molecular flexibility index (Phi) is 6.53. The second-order valence-electron chi connectivity index (χ2n) is 2.94. The summed E-state index contributed by atoms with van der Waals surface area (Å²) in [6.07, 6.45) is 3.29. The van der Waals surface area contributed by atoms with E-state index in [4.69, 9.17) is 0 Å². The zero-order valence-corrected chi connectivity index (χ0v) is 9.35. The van der Waals surface area contributed by atoms with Crippen molar-refractivity contribution < 1.29 is 31.2 Å². The minimum Gasteiger partial charge on any atom is -0.234 e. The maximum absolute atomic E-state index is 10.5. The molecular formula is C9H9CoO3P. The van der Waals surface area contributed by atoms with Crippen LogP contribution in [-0.2, 0) is 31.2 Å². The van der Waals surface area contributed by atoms with Gasteiger partial charge in [0.05, 0.1) is 7.17 Å². The van der Waals surface area contributed by atoms with Gasteiger partial charge >= 0.3 is 0 Å². The maximum atomic E-state index is 10.5. The van der Waals surface area contributed by atoms with Crippen molar-refractivity contribution in [3.05, 3.63) is 5.57 Å². The Hall–Kier alpha value is -0.584. The first-order valence-electron chi connectivity index (χ1n) is 4.12. The van der Waals surface area contributed by atoms with Crippen molar-refractivity contribution >= 4 is 24.4 Å². The van der Waals surface area contributed by atoms with Crippen LogP contribution in [0.3, 0.4) is 0 Å². The third-order valence-corrected chi connectivity index (χ3v) is 3.80. The van der Waals surface area contributed by atoms with E-state index in [1.54, 1.807) is 11.3 Å². The fourth-order valence-corrected chi connectivity index (χ4v) is 2.77. The molecule has 1 unspecified atom stereocenters. The predicted molar refractivity (Wildman–Crippen MR) is 49.8 cm³/mol. The summed E-state index contributed by atoms with van der Waals surface area (Å²) in [5.41, 5.74) is 3.70. The summed E-state index contributed by atoms with van der Waals surface area (Å²) in [6, 6.07) is 0. The molecule has 0 bridgehead atoms. The number of allylic oxidation sites excluding steroid dienone is 1. The SMILES string of the molecule is O=C=C1CCCCC1P(=C=O)=C=O.[Co]. The van der Waals surface area contributed by atoms with E-state index in [1.807, 2.05) is 5.94 Å². The Bertz CT molecular complexity index is 363. The molecule has 5 heteroatoms. The van der Waals surface area contributed by atoms with Gasteiger partial charge in [0.2, 0.25) is 0 Å². The van der Waals surface area contributed by atoms with E-state index >= 15 is 0 Å². The zero-order valence-electron chi connectivity index (χ0n) is 7.41. The topological polar surface area (TPSA) is 51.2 Å². The molecule has 14 heavy (non-hydrogen) atoms. The summed E-state index contributed by atoms with van der Waals surface area (Å²) in [6.45, 7) is 0. The van der Waals surface area contributed by atoms with Crippen molar-refractivity contribution in [2.24, 2.45) is 0 Å². The van der Waals surface area contributed by atoms with Crippen molar-refractivity contribution in [3.63, 3.8) is 0 Å². The van der Waals surface area contributed by atoms with Gasteiger partial charge < -0.3 is 0 Å². The zero-order chi connectivity index (χ0) is 9.68. The standard InChI is InChI=1S/C9H9O3P.Co/c10-5-8-3-1-2-4-9(8)13(6-11)7-12;/h9H,1-4H2;. The molecule has 1 radical (unpaired) electrons. The molecule has 0 saturated heterocycles. The number of hydrogen-bond donors (Lipinski definition) is 0. The summed E-state index contributed by atoms with van der Waals surface area (Å²) >= 11 is 0. The second kappa shape index (κ2) is 6.81. The van der Waals surface area contributed by atoms with Gasteiger partial charge in [-0.3, -0.25) is 0 Å². The maximum Gasteiger partial charge on any atom is 0.157 e. The molecule has 1 aliphatic rings. The Labute approximate surface area is 92.8 Å². The molecule has 0 spiro atoms. The van der Waals surface area contributed by atoms with Gasteiger partial charge in [0.1, 0.15) is 5.94 Å². The normalized spacial score (nSPS) is 21.0. The van der Waals surface area contributed by atoms with Gasteiger partial charge in [-0.05, 0) is 19.3 Å². The van der Waals surface area contributed by atoms with Crippen LogP contribution in [0.4, 0.5) is 0 Å². The fourth-order valence-electron chi connectivity index (χ4n) is 1.54. The molecule has 1 atom stereocenters. The average molecular weight is 255 g/mol. The van der Waals surface area contributed by atoms with Crippen LogP contribution in [0.15, 0.2) is 5.57 Å².